The van der Waals surface area contributed by atoms with Crippen molar-refractivity contribution in [2.45, 2.75) is 50.0 Å². The van der Waals surface area contributed by atoms with E-state index in [1.807, 2.05) is 0 Å². The van der Waals surface area contributed by atoms with E-state index in [0.717, 1.165) is 37.8 Å². The van der Waals surface area contributed by atoms with E-state index in [4.69, 9.17) is 0 Å². The van der Waals surface area contributed by atoms with Crippen LogP contribution in [0.5, 0.6) is 0 Å². The van der Waals surface area contributed by atoms with Crippen molar-refractivity contribution in [1.82, 2.24) is 10.2 Å². The quantitative estimate of drug-likeness (QED) is 0.811. The third-order valence-electron chi connectivity index (χ3n) is 4.79. The molecule has 0 saturated carbocycles. The minimum absolute atomic E-state index is 0. The first kappa shape index (κ1) is 19.0. The highest BCUT2D eigenvalue weighted by molar-refractivity contribution is 5.94. The van der Waals surface area contributed by atoms with Gasteiger partial charge in [-0.3, -0.25) is 4.79 Å². The number of alkyl halides is 3. The molecule has 0 spiro atoms. The molecule has 0 aliphatic carbocycles. The molecule has 2 saturated heterocycles. The predicted molar refractivity (Wildman–Crippen MR) is 83.7 cm³/mol. The average molecular weight is 367 g/mol. The van der Waals surface area contributed by atoms with E-state index in [1.54, 1.807) is 7.05 Å². The minimum atomic E-state index is -4.68. The fourth-order valence-electron chi connectivity index (χ4n) is 3.59. The number of hydrogen-bond donors (Lipinski definition) is 1. The van der Waals surface area contributed by atoms with Crippen LogP contribution in [-0.4, -0.2) is 36.0 Å². The van der Waals surface area contributed by atoms with Gasteiger partial charge in [0.25, 0.3) is 5.91 Å². The van der Waals surface area contributed by atoms with Gasteiger partial charge in [0.2, 0.25) is 0 Å². The molecule has 134 valence electrons. The molecule has 2 aliphatic heterocycles. The lowest BCUT2D eigenvalue weighted by atomic mass is 9.97. The van der Waals surface area contributed by atoms with Crippen molar-refractivity contribution in [3.8, 4) is 0 Å². The highest BCUT2D eigenvalue weighted by Crippen LogP contribution is 2.32. The Labute approximate surface area is 143 Å². The van der Waals surface area contributed by atoms with E-state index in [1.165, 1.54) is 4.90 Å². The van der Waals surface area contributed by atoms with Crippen LogP contribution in [-0.2, 0) is 6.18 Å². The summed E-state index contributed by atoms with van der Waals surface area (Å²) in [5.74, 6) is -1.62. The number of nitrogens with one attached hydrogen (secondary N) is 1. The van der Waals surface area contributed by atoms with Crippen LogP contribution in [0.2, 0.25) is 0 Å². The molecular weight excluding hydrogens is 348 g/mol. The number of fused-ring (bicyclic) bond motifs is 2. The van der Waals surface area contributed by atoms with Crippen molar-refractivity contribution in [1.29, 1.82) is 0 Å². The van der Waals surface area contributed by atoms with Crippen molar-refractivity contribution in [3.05, 3.63) is 35.1 Å². The average Bonchev–Trinajstić information content (AvgIpc) is 2.82. The van der Waals surface area contributed by atoms with Crippen LogP contribution in [0.1, 0.15) is 41.6 Å². The molecule has 2 heterocycles. The third-order valence-corrected chi connectivity index (χ3v) is 4.79. The molecular formula is C16H19ClF4N2O. The Morgan fingerprint density at radius 2 is 1.75 bits per heavy atom. The number of benzene rings is 1. The van der Waals surface area contributed by atoms with Gasteiger partial charge in [-0.25, -0.2) is 4.39 Å². The molecule has 3 nitrogen and oxygen atoms in total. The lowest BCUT2D eigenvalue weighted by molar-refractivity contribution is -0.137. The molecule has 2 atom stereocenters. The molecule has 2 aliphatic rings. The first-order chi connectivity index (χ1) is 10.7. The first-order valence-electron chi connectivity index (χ1n) is 7.65. The Balaban J connectivity index is 0.00000208. The SMILES string of the molecule is CN(C(=O)c1cc(F)cc(C(F)(F)F)c1)C1CC2CCC(C1)N2.Cl. The molecule has 8 heteroatoms. The van der Waals surface area contributed by atoms with Gasteiger partial charge in [-0.05, 0) is 43.9 Å². The maximum Gasteiger partial charge on any atom is 0.416 e. The number of amides is 1. The number of halogens is 5. The molecule has 0 radical (unpaired) electrons. The predicted octanol–water partition coefficient (Wildman–Crippen LogP) is 3.62. The standard InChI is InChI=1S/C16H18F4N2O.ClH/c1-22(14-7-12-2-3-13(8-14)21-12)15(23)9-4-10(16(18,19)20)6-11(17)5-9;/h4-6,12-14,21H,2-3,7-8H2,1H3;1H. The van der Waals surface area contributed by atoms with Gasteiger partial charge in [0.15, 0.2) is 0 Å². The largest absolute Gasteiger partial charge is 0.416 e. The maximum absolute atomic E-state index is 13.5. The van der Waals surface area contributed by atoms with Gasteiger partial charge in [-0.15, -0.1) is 12.4 Å². The van der Waals surface area contributed by atoms with E-state index in [9.17, 15) is 22.4 Å². The zero-order valence-electron chi connectivity index (χ0n) is 13.1. The summed E-state index contributed by atoms with van der Waals surface area (Å²) >= 11 is 0. The van der Waals surface area contributed by atoms with Crippen molar-refractivity contribution in [3.63, 3.8) is 0 Å². The van der Waals surface area contributed by atoms with Crippen LogP contribution in [0, 0.1) is 5.82 Å². The topological polar surface area (TPSA) is 32.3 Å². The second kappa shape index (κ2) is 6.88. The molecule has 0 aromatic heterocycles. The van der Waals surface area contributed by atoms with E-state index in [0.29, 0.717) is 18.2 Å². The van der Waals surface area contributed by atoms with Crippen molar-refractivity contribution >= 4 is 18.3 Å². The summed E-state index contributed by atoms with van der Waals surface area (Å²) in [6, 6.07) is 2.67. The molecule has 2 unspecified atom stereocenters. The van der Waals surface area contributed by atoms with Crippen LogP contribution in [0.25, 0.3) is 0 Å². The molecule has 1 amide bonds. The summed E-state index contributed by atoms with van der Waals surface area (Å²) in [6.45, 7) is 0. The van der Waals surface area contributed by atoms with Crippen molar-refractivity contribution < 1.29 is 22.4 Å². The lowest BCUT2D eigenvalue weighted by Gasteiger charge is -2.35. The van der Waals surface area contributed by atoms with Crippen LogP contribution < -0.4 is 5.32 Å². The fraction of sp³-hybridized carbons (Fsp3) is 0.562. The normalized spacial score (nSPS) is 26.0. The molecule has 3 rings (SSSR count). The second-order valence-corrected chi connectivity index (χ2v) is 6.41. The maximum atomic E-state index is 13.5. The number of rotatable bonds is 2. The summed E-state index contributed by atoms with van der Waals surface area (Å²) in [5, 5.41) is 3.45. The number of nitrogens with zero attached hydrogens (tertiary/aromatic N) is 1. The van der Waals surface area contributed by atoms with Crippen LogP contribution in [0.15, 0.2) is 18.2 Å². The first-order valence-corrected chi connectivity index (χ1v) is 7.65. The second-order valence-electron chi connectivity index (χ2n) is 6.41. The smallest absolute Gasteiger partial charge is 0.339 e. The fourth-order valence-corrected chi connectivity index (χ4v) is 3.59. The summed E-state index contributed by atoms with van der Waals surface area (Å²) in [4.78, 5) is 13.9. The van der Waals surface area contributed by atoms with Crippen LogP contribution in [0.4, 0.5) is 17.6 Å². The van der Waals surface area contributed by atoms with Crippen LogP contribution >= 0.6 is 12.4 Å². The summed E-state index contributed by atoms with van der Waals surface area (Å²) < 4.78 is 51.8. The lowest BCUT2D eigenvalue weighted by Crippen LogP contribution is -2.48. The Kier molecular flexibility index (Phi) is 5.44. The van der Waals surface area contributed by atoms with Gasteiger partial charge < -0.3 is 10.2 Å². The molecule has 24 heavy (non-hydrogen) atoms. The third kappa shape index (κ3) is 3.83. The van der Waals surface area contributed by atoms with Gasteiger partial charge in [0, 0.05) is 30.7 Å². The van der Waals surface area contributed by atoms with Crippen LogP contribution in [0.3, 0.4) is 0 Å². The number of carbonyl (C=O) groups excluding carboxylic acids is 1. The van der Waals surface area contributed by atoms with Gasteiger partial charge >= 0.3 is 6.18 Å². The van der Waals surface area contributed by atoms with E-state index in [2.05, 4.69) is 5.32 Å². The Morgan fingerprint density at radius 3 is 2.29 bits per heavy atom. The molecule has 1 aromatic rings. The summed E-state index contributed by atoms with van der Waals surface area (Å²) in [5.41, 5.74) is -1.40. The molecule has 2 bridgehead atoms. The van der Waals surface area contributed by atoms with Gasteiger partial charge in [0.1, 0.15) is 5.82 Å². The van der Waals surface area contributed by atoms with E-state index in [-0.39, 0.29) is 24.0 Å². The Hall–Kier alpha value is -1.34. The summed E-state index contributed by atoms with van der Waals surface area (Å²) in [7, 11) is 1.58. The van der Waals surface area contributed by atoms with Gasteiger partial charge in [-0.2, -0.15) is 13.2 Å². The van der Waals surface area contributed by atoms with Crippen molar-refractivity contribution in [2.75, 3.05) is 7.05 Å². The van der Waals surface area contributed by atoms with E-state index >= 15 is 0 Å². The Morgan fingerprint density at radius 1 is 1.17 bits per heavy atom. The zero-order chi connectivity index (χ0) is 16.8. The van der Waals surface area contributed by atoms with Gasteiger partial charge in [0.05, 0.1) is 5.56 Å². The molecule has 1 aromatic carbocycles. The Bertz CT molecular complexity index is 611. The monoisotopic (exact) mass is 366 g/mol. The highest BCUT2D eigenvalue weighted by atomic mass is 35.5. The molecule has 2 fully saturated rings. The van der Waals surface area contributed by atoms with Crippen molar-refractivity contribution in [2.24, 2.45) is 0 Å². The zero-order valence-corrected chi connectivity index (χ0v) is 13.9. The molecule has 1 N–H and O–H groups in total. The minimum Gasteiger partial charge on any atom is -0.339 e. The van der Waals surface area contributed by atoms with Gasteiger partial charge in [-0.1, -0.05) is 0 Å². The van der Waals surface area contributed by atoms with E-state index < -0.39 is 23.5 Å². The number of hydrogen-bond acceptors (Lipinski definition) is 2. The summed E-state index contributed by atoms with van der Waals surface area (Å²) in [6.07, 6.45) is -1.01. The number of carbonyl (C=O) groups is 1. The number of piperidine rings is 1. The highest BCUT2D eigenvalue weighted by Gasteiger charge is 2.37.